The van der Waals surface area contributed by atoms with Crippen LogP contribution in [0.1, 0.15) is 36.4 Å². The number of carbonyl (C=O) groups is 1. The van der Waals surface area contributed by atoms with E-state index in [4.69, 9.17) is 4.42 Å². The van der Waals surface area contributed by atoms with Crippen LogP contribution in [0.4, 0.5) is 0 Å². The summed E-state index contributed by atoms with van der Waals surface area (Å²) in [5.41, 5.74) is 0.871. The molecule has 16 heavy (non-hydrogen) atoms. The lowest BCUT2D eigenvalue weighted by Crippen LogP contribution is -2.37. The number of rotatable bonds is 5. The van der Waals surface area contributed by atoms with Crippen molar-refractivity contribution in [3.63, 3.8) is 0 Å². The molecule has 90 valence electrons. The summed E-state index contributed by atoms with van der Waals surface area (Å²) in [5.74, 6) is 0.836. The van der Waals surface area contributed by atoms with E-state index in [-0.39, 0.29) is 11.9 Å². The maximum Gasteiger partial charge on any atom is 0.287 e. The third-order valence-electron chi connectivity index (χ3n) is 2.35. The molecule has 0 fully saturated rings. The van der Waals surface area contributed by atoms with Crippen LogP contribution < -0.4 is 5.32 Å². The summed E-state index contributed by atoms with van der Waals surface area (Å²) >= 11 is 3.41. The number of halogens is 1. The van der Waals surface area contributed by atoms with Crippen molar-refractivity contribution in [2.45, 2.75) is 33.2 Å². The first-order valence-electron chi connectivity index (χ1n) is 5.45. The molecule has 0 radical (unpaired) electrons. The van der Waals surface area contributed by atoms with E-state index in [1.807, 2.05) is 6.92 Å². The van der Waals surface area contributed by atoms with E-state index in [2.05, 4.69) is 35.1 Å². The van der Waals surface area contributed by atoms with Gasteiger partial charge in [0.25, 0.3) is 5.91 Å². The van der Waals surface area contributed by atoms with Gasteiger partial charge in [-0.3, -0.25) is 4.79 Å². The highest BCUT2D eigenvalue weighted by Crippen LogP contribution is 2.11. The van der Waals surface area contributed by atoms with Crippen LogP contribution in [0.15, 0.2) is 16.7 Å². The zero-order valence-corrected chi connectivity index (χ0v) is 11.5. The van der Waals surface area contributed by atoms with Crippen LogP contribution in [0.5, 0.6) is 0 Å². The van der Waals surface area contributed by atoms with Crippen LogP contribution in [-0.2, 0) is 0 Å². The normalized spacial score (nSPS) is 12.8. The second-order valence-electron chi connectivity index (χ2n) is 4.39. The Morgan fingerprint density at radius 2 is 2.25 bits per heavy atom. The lowest BCUT2D eigenvalue weighted by Gasteiger charge is -2.17. The molecule has 0 aliphatic heterocycles. The molecule has 0 spiro atoms. The van der Waals surface area contributed by atoms with Gasteiger partial charge in [0.1, 0.15) is 0 Å². The Hall–Kier alpha value is -0.770. The highest BCUT2D eigenvalue weighted by Gasteiger charge is 2.17. The number of aryl methyl sites for hydroxylation is 1. The minimum atomic E-state index is -0.132. The predicted molar refractivity (Wildman–Crippen MR) is 67.9 cm³/mol. The lowest BCUT2D eigenvalue weighted by molar-refractivity contribution is 0.0908. The van der Waals surface area contributed by atoms with Gasteiger partial charge >= 0.3 is 0 Å². The molecule has 1 N–H and O–H groups in total. The van der Waals surface area contributed by atoms with E-state index in [1.165, 1.54) is 6.26 Å². The molecule has 1 atom stereocenters. The number of nitrogens with one attached hydrogen (secondary N) is 1. The number of hydrogen-bond acceptors (Lipinski definition) is 2. The Labute approximate surface area is 105 Å². The largest absolute Gasteiger partial charge is 0.459 e. The van der Waals surface area contributed by atoms with Crippen molar-refractivity contribution in [3.8, 4) is 0 Å². The first-order valence-corrected chi connectivity index (χ1v) is 6.57. The molecule has 0 aliphatic carbocycles. The summed E-state index contributed by atoms with van der Waals surface area (Å²) in [6, 6.07) is 1.94. The smallest absolute Gasteiger partial charge is 0.287 e. The monoisotopic (exact) mass is 287 g/mol. The molecule has 0 aromatic carbocycles. The number of carbonyl (C=O) groups excluding carboxylic acids is 1. The Kier molecular flexibility index (Phi) is 5.06. The zero-order chi connectivity index (χ0) is 12.1. The minimum Gasteiger partial charge on any atom is -0.459 e. The van der Waals surface area contributed by atoms with E-state index >= 15 is 0 Å². The maximum absolute atomic E-state index is 11.9. The SMILES string of the molecule is Cc1ccoc1C(=O)NC(CBr)CC(C)C. The molecular formula is C12H18BrNO2. The molecule has 0 saturated carbocycles. The summed E-state index contributed by atoms with van der Waals surface area (Å²) in [6.45, 7) is 6.14. The van der Waals surface area contributed by atoms with Gasteiger partial charge in [0.15, 0.2) is 5.76 Å². The third kappa shape index (κ3) is 3.67. The van der Waals surface area contributed by atoms with Crippen molar-refractivity contribution in [2.75, 3.05) is 5.33 Å². The fourth-order valence-corrected chi connectivity index (χ4v) is 2.01. The molecule has 1 aromatic heterocycles. The summed E-state index contributed by atoms with van der Waals surface area (Å²) in [5, 5.41) is 3.72. The van der Waals surface area contributed by atoms with E-state index in [0.717, 1.165) is 17.3 Å². The van der Waals surface area contributed by atoms with Crippen molar-refractivity contribution in [1.29, 1.82) is 0 Å². The summed E-state index contributed by atoms with van der Waals surface area (Å²) < 4.78 is 5.15. The predicted octanol–water partition coefficient (Wildman–Crippen LogP) is 3.13. The molecule has 4 heteroatoms. The van der Waals surface area contributed by atoms with Crippen LogP contribution in [0.3, 0.4) is 0 Å². The first-order chi connectivity index (χ1) is 7.54. The highest BCUT2D eigenvalue weighted by atomic mass is 79.9. The number of alkyl halides is 1. The molecule has 3 nitrogen and oxygen atoms in total. The molecule has 0 bridgehead atoms. The summed E-state index contributed by atoms with van der Waals surface area (Å²) in [6.07, 6.45) is 2.49. The fraction of sp³-hybridized carbons (Fsp3) is 0.583. The van der Waals surface area contributed by atoms with Gasteiger partial charge in [-0.2, -0.15) is 0 Å². The molecular weight excluding hydrogens is 270 g/mol. The van der Waals surface area contributed by atoms with E-state index in [9.17, 15) is 4.79 Å². The van der Waals surface area contributed by atoms with Gasteiger partial charge in [-0.1, -0.05) is 29.8 Å². The van der Waals surface area contributed by atoms with E-state index in [1.54, 1.807) is 6.07 Å². The van der Waals surface area contributed by atoms with Crippen LogP contribution in [0.25, 0.3) is 0 Å². The fourth-order valence-electron chi connectivity index (χ4n) is 1.59. The second kappa shape index (κ2) is 6.09. The van der Waals surface area contributed by atoms with Crippen molar-refractivity contribution >= 4 is 21.8 Å². The second-order valence-corrected chi connectivity index (χ2v) is 5.03. The summed E-state index contributed by atoms with van der Waals surface area (Å²) in [7, 11) is 0. The Morgan fingerprint density at radius 3 is 2.69 bits per heavy atom. The molecule has 1 heterocycles. The molecule has 1 amide bonds. The van der Waals surface area contributed by atoms with Gasteiger partial charge in [0, 0.05) is 16.9 Å². The quantitative estimate of drug-likeness (QED) is 0.846. The van der Waals surface area contributed by atoms with E-state index in [0.29, 0.717) is 11.7 Å². The Bertz CT molecular complexity index is 347. The van der Waals surface area contributed by atoms with Gasteiger partial charge in [-0.25, -0.2) is 0 Å². The maximum atomic E-state index is 11.9. The average molecular weight is 288 g/mol. The van der Waals surface area contributed by atoms with Crippen LogP contribution in [0, 0.1) is 12.8 Å². The third-order valence-corrected chi connectivity index (χ3v) is 3.13. The molecule has 1 rings (SSSR count). The van der Waals surface area contributed by atoms with Gasteiger partial charge in [0.2, 0.25) is 0 Å². The Morgan fingerprint density at radius 1 is 1.56 bits per heavy atom. The van der Waals surface area contributed by atoms with Crippen LogP contribution >= 0.6 is 15.9 Å². The minimum absolute atomic E-state index is 0.132. The average Bonchev–Trinajstić information content (AvgIpc) is 2.62. The lowest BCUT2D eigenvalue weighted by atomic mass is 10.1. The molecule has 0 aliphatic rings. The topological polar surface area (TPSA) is 42.2 Å². The van der Waals surface area contributed by atoms with Gasteiger partial charge in [-0.15, -0.1) is 0 Å². The molecule has 1 unspecified atom stereocenters. The van der Waals surface area contributed by atoms with Gasteiger partial charge in [0.05, 0.1) is 6.26 Å². The van der Waals surface area contributed by atoms with Gasteiger partial charge < -0.3 is 9.73 Å². The Balaban J connectivity index is 2.59. The molecule has 0 saturated heterocycles. The van der Waals surface area contributed by atoms with Crippen molar-refractivity contribution in [1.82, 2.24) is 5.32 Å². The molecule has 1 aromatic rings. The highest BCUT2D eigenvalue weighted by molar-refractivity contribution is 9.09. The standard InChI is InChI=1S/C12H18BrNO2/c1-8(2)6-10(7-13)14-12(15)11-9(3)4-5-16-11/h4-5,8,10H,6-7H2,1-3H3,(H,14,15). The van der Waals surface area contributed by atoms with Crippen LogP contribution in [0.2, 0.25) is 0 Å². The van der Waals surface area contributed by atoms with Crippen molar-refractivity contribution in [3.05, 3.63) is 23.7 Å². The van der Waals surface area contributed by atoms with Crippen LogP contribution in [-0.4, -0.2) is 17.3 Å². The van der Waals surface area contributed by atoms with E-state index < -0.39 is 0 Å². The van der Waals surface area contributed by atoms with Crippen molar-refractivity contribution < 1.29 is 9.21 Å². The number of hydrogen-bond donors (Lipinski definition) is 1. The number of amides is 1. The first kappa shape index (κ1) is 13.3. The zero-order valence-electron chi connectivity index (χ0n) is 9.92. The summed E-state index contributed by atoms with van der Waals surface area (Å²) in [4.78, 5) is 11.9. The van der Waals surface area contributed by atoms with Gasteiger partial charge in [-0.05, 0) is 25.3 Å². The number of furan rings is 1. The van der Waals surface area contributed by atoms with Crippen molar-refractivity contribution in [2.24, 2.45) is 5.92 Å².